The number of nitrogens with zero attached hydrogens (tertiary/aromatic N) is 1. The third kappa shape index (κ3) is 2.14. The quantitative estimate of drug-likeness (QED) is 0.885. The van der Waals surface area contributed by atoms with Crippen LogP contribution in [0.1, 0.15) is 38.2 Å². The molecule has 1 fully saturated rings. The summed E-state index contributed by atoms with van der Waals surface area (Å²) in [5.74, 6) is 0.755. The summed E-state index contributed by atoms with van der Waals surface area (Å²) in [6.45, 7) is 3.35. The first-order valence-electron chi connectivity index (χ1n) is 7.36. The minimum Gasteiger partial charge on any atom is -0.367 e. The first-order valence-corrected chi connectivity index (χ1v) is 7.36. The number of rotatable bonds is 3. The predicted octanol–water partition coefficient (Wildman–Crippen LogP) is 2.96. The maximum absolute atomic E-state index is 6.44. The van der Waals surface area contributed by atoms with Gasteiger partial charge in [-0.3, -0.25) is 0 Å². The van der Waals surface area contributed by atoms with Crippen LogP contribution in [0.15, 0.2) is 24.3 Å². The van der Waals surface area contributed by atoms with Crippen LogP contribution in [0.2, 0.25) is 0 Å². The molecule has 0 radical (unpaired) electrons. The Balaban J connectivity index is 1.72. The van der Waals surface area contributed by atoms with Crippen LogP contribution in [0.25, 0.3) is 0 Å². The zero-order chi connectivity index (χ0) is 12.5. The highest BCUT2D eigenvalue weighted by atomic mass is 15.2. The van der Waals surface area contributed by atoms with Crippen LogP contribution in [0.3, 0.4) is 0 Å². The summed E-state index contributed by atoms with van der Waals surface area (Å²) in [7, 11) is 0. The molecule has 1 aromatic rings. The van der Waals surface area contributed by atoms with Crippen LogP contribution in [-0.4, -0.2) is 18.6 Å². The third-order valence-electron chi connectivity index (χ3n) is 4.76. The lowest BCUT2D eigenvalue weighted by atomic mass is 9.98. The monoisotopic (exact) mass is 244 g/mol. The van der Waals surface area contributed by atoms with Crippen LogP contribution >= 0.6 is 0 Å². The van der Waals surface area contributed by atoms with Crippen LogP contribution in [-0.2, 0) is 6.42 Å². The van der Waals surface area contributed by atoms with Crippen LogP contribution < -0.4 is 10.6 Å². The van der Waals surface area contributed by atoms with Gasteiger partial charge in [0.05, 0.1) is 0 Å². The molecule has 2 N–H and O–H groups in total. The summed E-state index contributed by atoms with van der Waals surface area (Å²) < 4.78 is 0. The van der Waals surface area contributed by atoms with Crippen molar-refractivity contribution in [2.24, 2.45) is 11.7 Å². The Hall–Kier alpha value is -1.02. The van der Waals surface area contributed by atoms with Crippen molar-refractivity contribution in [2.75, 3.05) is 11.4 Å². The summed E-state index contributed by atoms with van der Waals surface area (Å²) in [6.07, 6.45) is 6.61. The van der Waals surface area contributed by atoms with Crippen molar-refractivity contribution in [1.29, 1.82) is 0 Å². The summed E-state index contributed by atoms with van der Waals surface area (Å²) >= 11 is 0. The molecule has 0 bridgehead atoms. The maximum Gasteiger partial charge on any atom is 0.0402 e. The Morgan fingerprint density at radius 1 is 1.28 bits per heavy atom. The van der Waals surface area contributed by atoms with Crippen LogP contribution in [0, 0.1) is 5.92 Å². The van der Waals surface area contributed by atoms with Gasteiger partial charge in [0.2, 0.25) is 0 Å². The van der Waals surface area contributed by atoms with Crippen molar-refractivity contribution < 1.29 is 0 Å². The molecule has 0 spiro atoms. The Morgan fingerprint density at radius 2 is 2.00 bits per heavy atom. The van der Waals surface area contributed by atoms with Gasteiger partial charge in [0.15, 0.2) is 0 Å². The second kappa shape index (κ2) is 4.93. The molecular formula is C16H24N2. The highest BCUT2D eigenvalue weighted by Gasteiger charge is 2.30. The molecular weight excluding hydrogens is 220 g/mol. The minimum absolute atomic E-state index is 0.348. The largest absolute Gasteiger partial charge is 0.367 e. The molecule has 1 saturated carbocycles. The molecule has 18 heavy (non-hydrogen) atoms. The van der Waals surface area contributed by atoms with Gasteiger partial charge in [-0.25, -0.2) is 0 Å². The van der Waals surface area contributed by atoms with E-state index in [1.807, 2.05) is 0 Å². The summed E-state index contributed by atoms with van der Waals surface area (Å²) in [4.78, 5) is 2.53. The van der Waals surface area contributed by atoms with Crippen molar-refractivity contribution in [3.63, 3.8) is 0 Å². The van der Waals surface area contributed by atoms with Gasteiger partial charge in [0.25, 0.3) is 0 Å². The lowest BCUT2D eigenvalue weighted by molar-refractivity contribution is 0.421. The van der Waals surface area contributed by atoms with Crippen molar-refractivity contribution in [3.8, 4) is 0 Å². The molecule has 2 heteroatoms. The van der Waals surface area contributed by atoms with E-state index in [-0.39, 0.29) is 0 Å². The van der Waals surface area contributed by atoms with E-state index in [0.29, 0.717) is 12.1 Å². The fourth-order valence-electron chi connectivity index (χ4n) is 3.67. The number of hydrogen-bond acceptors (Lipinski definition) is 2. The first-order chi connectivity index (χ1) is 8.75. The Morgan fingerprint density at radius 3 is 2.78 bits per heavy atom. The number of fused-ring (bicyclic) bond motifs is 1. The standard InChI is InChI=1S/C16H24N2/c1-12-10-14-8-4-5-9-16(14)18(12)11-15(17)13-6-2-3-7-13/h4-5,8-9,12-13,15H,2-3,6-7,10-11,17H2,1H3. The van der Waals surface area contributed by atoms with Gasteiger partial charge < -0.3 is 10.6 Å². The molecule has 2 nitrogen and oxygen atoms in total. The predicted molar refractivity (Wildman–Crippen MR) is 76.9 cm³/mol. The second-order valence-corrected chi connectivity index (χ2v) is 6.04. The number of para-hydroxylation sites is 1. The van der Waals surface area contributed by atoms with Gasteiger partial charge in [-0.05, 0) is 43.7 Å². The number of hydrogen-bond donors (Lipinski definition) is 1. The summed E-state index contributed by atoms with van der Waals surface area (Å²) in [5, 5.41) is 0. The van der Waals surface area contributed by atoms with E-state index in [9.17, 15) is 0 Å². The number of nitrogens with two attached hydrogens (primary N) is 1. The molecule has 2 aliphatic rings. The zero-order valence-electron chi connectivity index (χ0n) is 11.3. The van der Waals surface area contributed by atoms with E-state index in [0.717, 1.165) is 12.5 Å². The molecule has 0 aromatic heterocycles. The fraction of sp³-hybridized carbons (Fsp3) is 0.625. The molecule has 0 saturated heterocycles. The van der Waals surface area contributed by atoms with E-state index in [2.05, 4.69) is 36.1 Å². The molecule has 2 unspecified atom stereocenters. The Labute approximate surface area is 110 Å². The first kappa shape index (κ1) is 12.0. The lowest BCUT2D eigenvalue weighted by Crippen LogP contribution is -2.43. The molecule has 1 heterocycles. The van der Waals surface area contributed by atoms with Gasteiger partial charge >= 0.3 is 0 Å². The SMILES string of the molecule is CC1Cc2ccccc2N1CC(N)C1CCCC1. The topological polar surface area (TPSA) is 29.3 Å². The van der Waals surface area contributed by atoms with Gasteiger partial charge in [-0.2, -0.15) is 0 Å². The molecule has 1 aliphatic carbocycles. The average Bonchev–Trinajstić information content (AvgIpc) is 2.98. The van der Waals surface area contributed by atoms with Crippen LogP contribution in [0.5, 0.6) is 0 Å². The lowest BCUT2D eigenvalue weighted by Gasteiger charge is -2.30. The van der Waals surface area contributed by atoms with E-state index in [1.165, 1.54) is 43.4 Å². The van der Waals surface area contributed by atoms with Crippen molar-refractivity contribution in [3.05, 3.63) is 29.8 Å². The molecule has 3 rings (SSSR count). The van der Waals surface area contributed by atoms with Gasteiger partial charge in [-0.1, -0.05) is 31.0 Å². The third-order valence-corrected chi connectivity index (χ3v) is 4.76. The van der Waals surface area contributed by atoms with E-state index >= 15 is 0 Å². The maximum atomic E-state index is 6.44. The van der Waals surface area contributed by atoms with Crippen molar-refractivity contribution in [1.82, 2.24) is 0 Å². The fourth-order valence-corrected chi connectivity index (χ4v) is 3.67. The van der Waals surface area contributed by atoms with E-state index in [4.69, 9.17) is 5.73 Å². The van der Waals surface area contributed by atoms with Crippen molar-refractivity contribution >= 4 is 5.69 Å². The second-order valence-electron chi connectivity index (χ2n) is 6.04. The minimum atomic E-state index is 0.348. The van der Waals surface area contributed by atoms with Gasteiger partial charge in [-0.15, -0.1) is 0 Å². The molecule has 98 valence electrons. The van der Waals surface area contributed by atoms with Crippen LogP contribution in [0.4, 0.5) is 5.69 Å². The highest BCUT2D eigenvalue weighted by Crippen LogP contribution is 2.33. The number of benzene rings is 1. The zero-order valence-corrected chi connectivity index (χ0v) is 11.3. The van der Waals surface area contributed by atoms with Gasteiger partial charge in [0, 0.05) is 24.3 Å². The Bertz CT molecular complexity index is 409. The molecule has 1 aromatic carbocycles. The van der Waals surface area contributed by atoms with E-state index in [1.54, 1.807) is 0 Å². The molecule has 0 amide bonds. The average molecular weight is 244 g/mol. The number of anilines is 1. The van der Waals surface area contributed by atoms with E-state index < -0.39 is 0 Å². The normalized spacial score (nSPS) is 25.4. The Kier molecular flexibility index (Phi) is 3.29. The highest BCUT2D eigenvalue weighted by molar-refractivity contribution is 5.59. The summed E-state index contributed by atoms with van der Waals surface area (Å²) in [5.41, 5.74) is 9.34. The smallest absolute Gasteiger partial charge is 0.0402 e. The van der Waals surface area contributed by atoms with Crippen molar-refractivity contribution in [2.45, 2.75) is 51.1 Å². The molecule has 1 aliphatic heterocycles. The van der Waals surface area contributed by atoms with Gasteiger partial charge in [0.1, 0.15) is 0 Å². The molecule has 2 atom stereocenters. The summed E-state index contributed by atoms with van der Waals surface area (Å²) in [6, 6.07) is 9.75.